The van der Waals surface area contributed by atoms with Crippen LogP contribution in [0.4, 0.5) is 11.5 Å². The molecule has 4 nitrogen and oxygen atoms in total. The highest BCUT2D eigenvalue weighted by Gasteiger charge is 2.12. The van der Waals surface area contributed by atoms with Gasteiger partial charge in [0, 0.05) is 24.6 Å². The second-order valence-corrected chi connectivity index (χ2v) is 4.09. The summed E-state index contributed by atoms with van der Waals surface area (Å²) in [4.78, 5) is 10.9. The van der Waals surface area contributed by atoms with E-state index in [0.29, 0.717) is 6.54 Å². The number of rotatable bonds is 5. The molecule has 4 heteroatoms. The van der Waals surface area contributed by atoms with E-state index >= 15 is 0 Å². The van der Waals surface area contributed by atoms with Crippen molar-refractivity contribution in [1.82, 2.24) is 9.97 Å². The van der Waals surface area contributed by atoms with Crippen LogP contribution in [0.5, 0.6) is 0 Å². The van der Waals surface area contributed by atoms with Gasteiger partial charge in [0.15, 0.2) is 5.82 Å². The molecule has 0 aliphatic carbocycles. The summed E-state index contributed by atoms with van der Waals surface area (Å²) in [7, 11) is 0. The minimum absolute atomic E-state index is 0.669. The average molecular weight is 242 g/mol. The fourth-order valence-corrected chi connectivity index (χ4v) is 1.88. The molecule has 0 spiro atoms. The highest BCUT2D eigenvalue weighted by Crippen LogP contribution is 2.24. The van der Waals surface area contributed by atoms with Crippen LogP contribution >= 0.6 is 0 Å². The normalized spacial score (nSPS) is 10.3. The lowest BCUT2D eigenvalue weighted by Crippen LogP contribution is -2.23. The molecule has 94 valence electrons. The fourth-order valence-electron chi connectivity index (χ4n) is 1.88. The van der Waals surface area contributed by atoms with Crippen LogP contribution in [0.2, 0.25) is 0 Å². The Bertz CT molecular complexity index is 484. The summed E-state index contributed by atoms with van der Waals surface area (Å²) in [6.07, 6.45) is 4.36. The van der Waals surface area contributed by atoms with Crippen LogP contribution in [0.15, 0.2) is 42.7 Å². The van der Waals surface area contributed by atoms with Gasteiger partial charge in [-0.2, -0.15) is 0 Å². The Morgan fingerprint density at radius 1 is 1.11 bits per heavy atom. The van der Waals surface area contributed by atoms with Gasteiger partial charge >= 0.3 is 0 Å². The Morgan fingerprint density at radius 3 is 2.50 bits per heavy atom. The van der Waals surface area contributed by atoms with Gasteiger partial charge in [0.1, 0.15) is 0 Å². The van der Waals surface area contributed by atoms with Gasteiger partial charge in [-0.3, -0.25) is 4.98 Å². The van der Waals surface area contributed by atoms with Gasteiger partial charge in [0.05, 0.1) is 5.69 Å². The zero-order chi connectivity index (χ0) is 12.8. The molecule has 1 aromatic heterocycles. The van der Waals surface area contributed by atoms with Crippen LogP contribution in [0.1, 0.15) is 12.1 Å². The Morgan fingerprint density at radius 2 is 1.83 bits per heavy atom. The molecule has 0 amide bonds. The van der Waals surface area contributed by atoms with E-state index in [2.05, 4.69) is 27.0 Å². The number of hydrogen-bond acceptors (Lipinski definition) is 4. The monoisotopic (exact) mass is 242 g/mol. The SMILES string of the molecule is Cc1nccnc1N(CCCN)c1ccccc1. The van der Waals surface area contributed by atoms with E-state index < -0.39 is 0 Å². The lowest BCUT2D eigenvalue weighted by Gasteiger charge is -2.24. The summed E-state index contributed by atoms with van der Waals surface area (Å²) in [5.74, 6) is 0.900. The summed E-state index contributed by atoms with van der Waals surface area (Å²) in [6.45, 7) is 3.49. The third kappa shape index (κ3) is 2.84. The zero-order valence-electron chi connectivity index (χ0n) is 10.6. The molecule has 2 N–H and O–H groups in total. The molecular weight excluding hydrogens is 224 g/mol. The first-order valence-corrected chi connectivity index (χ1v) is 6.13. The van der Waals surface area contributed by atoms with Crippen molar-refractivity contribution in [2.45, 2.75) is 13.3 Å². The number of anilines is 2. The van der Waals surface area contributed by atoms with Gasteiger partial charge in [0.2, 0.25) is 0 Å². The number of aryl methyl sites for hydroxylation is 1. The molecule has 0 atom stereocenters. The zero-order valence-corrected chi connectivity index (χ0v) is 10.6. The summed E-state index contributed by atoms with van der Waals surface area (Å²) in [6, 6.07) is 10.2. The summed E-state index contributed by atoms with van der Waals surface area (Å²) in [5, 5.41) is 0. The molecule has 1 aromatic carbocycles. The predicted molar refractivity (Wildman–Crippen MR) is 73.9 cm³/mol. The molecule has 0 aliphatic heterocycles. The first kappa shape index (κ1) is 12.5. The molecule has 0 saturated carbocycles. The molecule has 0 bridgehead atoms. The lowest BCUT2D eigenvalue weighted by molar-refractivity contribution is 0.804. The third-order valence-electron chi connectivity index (χ3n) is 2.76. The number of aromatic nitrogens is 2. The molecule has 1 heterocycles. The van der Waals surface area contributed by atoms with Gasteiger partial charge < -0.3 is 10.6 Å². The predicted octanol–water partition coefficient (Wildman–Crippen LogP) is 2.27. The standard InChI is InChI=1S/C14H18N4/c1-12-14(17-10-9-16-12)18(11-5-8-15)13-6-3-2-4-7-13/h2-4,6-7,9-10H,5,8,11,15H2,1H3. The first-order chi connectivity index (χ1) is 8.83. The van der Waals surface area contributed by atoms with Crippen molar-refractivity contribution in [2.24, 2.45) is 5.73 Å². The third-order valence-corrected chi connectivity index (χ3v) is 2.76. The maximum atomic E-state index is 5.61. The summed E-state index contributed by atoms with van der Waals surface area (Å²) in [5.41, 5.74) is 7.66. The molecule has 0 fully saturated rings. The van der Waals surface area contributed by atoms with E-state index in [1.54, 1.807) is 12.4 Å². The van der Waals surface area contributed by atoms with E-state index in [0.717, 1.165) is 30.2 Å². The number of nitrogens with two attached hydrogens (primary N) is 1. The van der Waals surface area contributed by atoms with Crippen molar-refractivity contribution in [3.05, 3.63) is 48.4 Å². The van der Waals surface area contributed by atoms with Crippen LogP contribution < -0.4 is 10.6 Å². The van der Waals surface area contributed by atoms with Gasteiger partial charge in [-0.25, -0.2) is 4.98 Å². The van der Waals surface area contributed by atoms with E-state index in [-0.39, 0.29) is 0 Å². The van der Waals surface area contributed by atoms with E-state index in [4.69, 9.17) is 5.73 Å². The Kier molecular flexibility index (Phi) is 4.25. The fraction of sp³-hybridized carbons (Fsp3) is 0.286. The molecule has 0 radical (unpaired) electrons. The number of hydrogen-bond donors (Lipinski definition) is 1. The number of benzene rings is 1. The van der Waals surface area contributed by atoms with Gasteiger partial charge in [-0.05, 0) is 32.0 Å². The van der Waals surface area contributed by atoms with Crippen LogP contribution in [-0.4, -0.2) is 23.1 Å². The minimum Gasteiger partial charge on any atom is -0.330 e. The van der Waals surface area contributed by atoms with E-state index in [1.807, 2.05) is 25.1 Å². The quantitative estimate of drug-likeness (QED) is 0.874. The van der Waals surface area contributed by atoms with Crippen LogP contribution in [0.25, 0.3) is 0 Å². The Labute approximate surface area is 107 Å². The molecule has 18 heavy (non-hydrogen) atoms. The molecule has 2 rings (SSSR count). The molecule has 0 aliphatic rings. The largest absolute Gasteiger partial charge is 0.330 e. The summed E-state index contributed by atoms with van der Waals surface area (Å²) >= 11 is 0. The van der Waals surface area contributed by atoms with Crippen molar-refractivity contribution in [3.63, 3.8) is 0 Å². The van der Waals surface area contributed by atoms with Crippen molar-refractivity contribution in [2.75, 3.05) is 18.0 Å². The first-order valence-electron chi connectivity index (χ1n) is 6.13. The average Bonchev–Trinajstić information content (AvgIpc) is 2.42. The van der Waals surface area contributed by atoms with Crippen molar-refractivity contribution in [1.29, 1.82) is 0 Å². The second-order valence-electron chi connectivity index (χ2n) is 4.09. The highest BCUT2D eigenvalue weighted by molar-refractivity contribution is 5.61. The van der Waals surface area contributed by atoms with Gasteiger partial charge in [-0.15, -0.1) is 0 Å². The minimum atomic E-state index is 0.669. The van der Waals surface area contributed by atoms with Crippen LogP contribution in [-0.2, 0) is 0 Å². The Hall–Kier alpha value is -1.94. The van der Waals surface area contributed by atoms with E-state index in [1.165, 1.54) is 0 Å². The van der Waals surface area contributed by atoms with Gasteiger partial charge in [-0.1, -0.05) is 18.2 Å². The topological polar surface area (TPSA) is 55.0 Å². The smallest absolute Gasteiger partial charge is 0.154 e. The molecule has 2 aromatic rings. The molecular formula is C14H18N4. The summed E-state index contributed by atoms with van der Waals surface area (Å²) < 4.78 is 0. The van der Waals surface area contributed by atoms with Crippen molar-refractivity contribution < 1.29 is 0 Å². The second kappa shape index (κ2) is 6.12. The lowest BCUT2D eigenvalue weighted by atomic mass is 10.2. The van der Waals surface area contributed by atoms with Crippen molar-refractivity contribution >= 4 is 11.5 Å². The number of para-hydroxylation sites is 1. The highest BCUT2D eigenvalue weighted by atomic mass is 15.2. The molecule has 0 saturated heterocycles. The number of nitrogens with zero attached hydrogens (tertiary/aromatic N) is 3. The van der Waals surface area contributed by atoms with Crippen LogP contribution in [0.3, 0.4) is 0 Å². The van der Waals surface area contributed by atoms with Crippen molar-refractivity contribution in [3.8, 4) is 0 Å². The molecule has 0 unspecified atom stereocenters. The van der Waals surface area contributed by atoms with Gasteiger partial charge in [0.25, 0.3) is 0 Å². The van der Waals surface area contributed by atoms with Crippen LogP contribution in [0, 0.1) is 6.92 Å². The maximum absolute atomic E-state index is 5.61. The maximum Gasteiger partial charge on any atom is 0.154 e. The Balaban J connectivity index is 2.34. The van der Waals surface area contributed by atoms with E-state index in [9.17, 15) is 0 Å².